The Morgan fingerprint density at radius 2 is 1.96 bits per heavy atom. The van der Waals surface area contributed by atoms with Crippen LogP contribution in [0, 0.1) is 0 Å². The first-order valence-electron chi connectivity index (χ1n) is 7.59. The minimum absolute atomic E-state index is 0.0168. The van der Waals surface area contributed by atoms with Gasteiger partial charge in [0.1, 0.15) is 11.3 Å². The van der Waals surface area contributed by atoms with Gasteiger partial charge in [0.2, 0.25) is 0 Å². The van der Waals surface area contributed by atoms with Gasteiger partial charge < -0.3 is 14.9 Å². The number of hydrogen-bond donors (Lipinski definition) is 1. The highest BCUT2D eigenvalue weighted by molar-refractivity contribution is 6.31. The van der Waals surface area contributed by atoms with Crippen LogP contribution in [-0.2, 0) is 4.79 Å². The monoisotopic (exact) mass is 356 g/mol. The number of para-hydroxylation sites is 2. The van der Waals surface area contributed by atoms with Crippen molar-refractivity contribution in [2.45, 2.75) is 6.10 Å². The van der Waals surface area contributed by atoms with Crippen LogP contribution in [0.5, 0.6) is 5.75 Å². The lowest BCUT2D eigenvalue weighted by molar-refractivity contribution is -0.124. The molecule has 0 fully saturated rings. The van der Waals surface area contributed by atoms with Gasteiger partial charge in [-0.2, -0.15) is 0 Å². The van der Waals surface area contributed by atoms with Gasteiger partial charge in [0, 0.05) is 10.4 Å². The van der Waals surface area contributed by atoms with Crippen molar-refractivity contribution in [1.29, 1.82) is 0 Å². The molecule has 1 aliphatic rings. The van der Waals surface area contributed by atoms with Crippen LogP contribution >= 0.6 is 11.6 Å². The summed E-state index contributed by atoms with van der Waals surface area (Å²) in [6.07, 6.45) is -0.919. The largest absolute Gasteiger partial charge is 0.477 e. The van der Waals surface area contributed by atoms with Crippen LogP contribution in [0.1, 0.15) is 10.6 Å². The highest BCUT2D eigenvalue weighted by atomic mass is 35.5. The maximum atomic E-state index is 13.0. The van der Waals surface area contributed by atoms with Crippen molar-refractivity contribution in [3.8, 4) is 5.75 Å². The number of hydrogen-bond acceptors (Lipinski definition) is 4. The molecule has 2 aromatic carbocycles. The lowest BCUT2D eigenvalue weighted by Gasteiger charge is -2.32. The summed E-state index contributed by atoms with van der Waals surface area (Å²) in [6, 6.07) is 13.7. The highest BCUT2D eigenvalue weighted by Gasteiger charge is 2.34. The number of rotatable bonds is 2. The van der Waals surface area contributed by atoms with Crippen molar-refractivity contribution >= 4 is 40.1 Å². The number of furan rings is 1. The van der Waals surface area contributed by atoms with Gasteiger partial charge in [-0.1, -0.05) is 23.7 Å². The van der Waals surface area contributed by atoms with Crippen LogP contribution in [-0.4, -0.2) is 24.5 Å². The van der Waals surface area contributed by atoms with Gasteiger partial charge in [0.25, 0.3) is 11.8 Å². The minimum atomic E-state index is -0.919. The van der Waals surface area contributed by atoms with E-state index in [1.54, 1.807) is 48.5 Å². The standard InChI is InChI=1S/C18H13ClN2O4/c19-11-5-6-13-10(7-11)8-15(24-13)18(23)21-9-16(17(20)22)25-14-4-2-1-3-12(14)21/h1-8,16H,9H2,(H2,20,22)/t16-/m1/s1. The number of carbonyl (C=O) groups is 2. The summed E-state index contributed by atoms with van der Waals surface area (Å²) in [4.78, 5) is 26.0. The molecule has 0 spiro atoms. The summed E-state index contributed by atoms with van der Waals surface area (Å²) in [5, 5.41) is 1.28. The van der Waals surface area contributed by atoms with Gasteiger partial charge in [-0.25, -0.2) is 0 Å². The molecule has 1 atom stereocenters. The highest BCUT2D eigenvalue weighted by Crippen LogP contribution is 2.34. The average molecular weight is 357 g/mol. The lowest BCUT2D eigenvalue weighted by Crippen LogP contribution is -2.49. The second-order valence-corrected chi connectivity index (χ2v) is 6.12. The van der Waals surface area contributed by atoms with Gasteiger partial charge in [-0.05, 0) is 36.4 Å². The van der Waals surface area contributed by atoms with Crippen molar-refractivity contribution < 1.29 is 18.7 Å². The topological polar surface area (TPSA) is 85.8 Å². The Bertz CT molecular complexity index is 998. The molecule has 7 heteroatoms. The quantitative estimate of drug-likeness (QED) is 0.764. The molecule has 0 unspecified atom stereocenters. The second kappa shape index (κ2) is 5.82. The zero-order chi connectivity index (χ0) is 17.6. The fourth-order valence-corrected chi connectivity index (χ4v) is 3.01. The van der Waals surface area contributed by atoms with Crippen LogP contribution in [0.25, 0.3) is 11.0 Å². The molecular weight excluding hydrogens is 344 g/mol. The first kappa shape index (κ1) is 15.5. The fraction of sp³-hybridized carbons (Fsp3) is 0.111. The van der Waals surface area contributed by atoms with Gasteiger partial charge in [-0.15, -0.1) is 0 Å². The molecular formula is C18H13ClN2O4. The Labute approximate surface area is 147 Å². The SMILES string of the molecule is NC(=O)[C@H]1CN(C(=O)c2cc3cc(Cl)ccc3o2)c2ccccc2O1. The zero-order valence-corrected chi connectivity index (χ0v) is 13.7. The van der Waals surface area contributed by atoms with Crippen LogP contribution in [0.2, 0.25) is 5.02 Å². The van der Waals surface area contributed by atoms with Gasteiger partial charge >= 0.3 is 0 Å². The first-order chi connectivity index (χ1) is 12.0. The van der Waals surface area contributed by atoms with Crippen molar-refractivity contribution in [2.75, 3.05) is 11.4 Å². The third-order valence-electron chi connectivity index (χ3n) is 4.03. The van der Waals surface area contributed by atoms with Gasteiger partial charge in [0.05, 0.1) is 12.2 Å². The Morgan fingerprint density at radius 1 is 1.16 bits per heavy atom. The van der Waals surface area contributed by atoms with Crippen LogP contribution in [0.4, 0.5) is 5.69 Å². The third-order valence-corrected chi connectivity index (χ3v) is 4.26. The molecule has 1 aromatic heterocycles. The van der Waals surface area contributed by atoms with Gasteiger partial charge in [-0.3, -0.25) is 14.5 Å². The van der Waals surface area contributed by atoms with E-state index in [0.717, 1.165) is 5.39 Å². The van der Waals surface area contributed by atoms with E-state index < -0.39 is 12.0 Å². The second-order valence-electron chi connectivity index (χ2n) is 5.69. The summed E-state index contributed by atoms with van der Waals surface area (Å²) in [5.74, 6) is -0.444. The summed E-state index contributed by atoms with van der Waals surface area (Å²) in [7, 11) is 0. The van der Waals surface area contributed by atoms with E-state index in [-0.39, 0.29) is 18.2 Å². The molecule has 6 nitrogen and oxygen atoms in total. The van der Waals surface area contributed by atoms with Crippen molar-refractivity contribution in [3.05, 3.63) is 59.3 Å². The molecule has 25 heavy (non-hydrogen) atoms. The number of nitrogens with two attached hydrogens (primary N) is 1. The van der Waals surface area contributed by atoms with E-state index in [4.69, 9.17) is 26.5 Å². The predicted molar refractivity (Wildman–Crippen MR) is 93.0 cm³/mol. The number of carbonyl (C=O) groups excluding carboxylic acids is 2. The molecule has 0 radical (unpaired) electrons. The molecule has 0 aliphatic carbocycles. The number of ether oxygens (including phenoxy) is 1. The van der Waals surface area contributed by atoms with E-state index in [0.29, 0.717) is 22.0 Å². The van der Waals surface area contributed by atoms with Gasteiger partial charge in [0.15, 0.2) is 11.9 Å². The fourth-order valence-electron chi connectivity index (χ4n) is 2.83. The van der Waals surface area contributed by atoms with Crippen LogP contribution in [0.3, 0.4) is 0 Å². The maximum Gasteiger partial charge on any atom is 0.294 e. The zero-order valence-electron chi connectivity index (χ0n) is 12.9. The molecule has 126 valence electrons. The number of halogens is 1. The summed E-state index contributed by atoms with van der Waals surface area (Å²) in [5.41, 5.74) is 6.48. The first-order valence-corrected chi connectivity index (χ1v) is 7.97. The molecule has 0 bridgehead atoms. The van der Waals surface area contributed by atoms with Crippen molar-refractivity contribution in [2.24, 2.45) is 5.73 Å². The van der Waals surface area contributed by atoms with E-state index in [9.17, 15) is 9.59 Å². The molecule has 1 aliphatic heterocycles. The number of nitrogens with zero attached hydrogens (tertiary/aromatic N) is 1. The molecule has 2 amide bonds. The van der Waals surface area contributed by atoms with Crippen LogP contribution in [0.15, 0.2) is 52.9 Å². The maximum absolute atomic E-state index is 13.0. The van der Waals surface area contributed by atoms with Crippen molar-refractivity contribution in [1.82, 2.24) is 0 Å². The summed E-state index contributed by atoms with van der Waals surface area (Å²) in [6.45, 7) is 0.0168. The van der Waals surface area contributed by atoms with E-state index in [1.165, 1.54) is 4.90 Å². The Balaban J connectivity index is 1.76. The number of benzene rings is 2. The smallest absolute Gasteiger partial charge is 0.294 e. The number of amides is 2. The summed E-state index contributed by atoms with van der Waals surface area (Å²) < 4.78 is 11.2. The molecule has 2 N–H and O–H groups in total. The predicted octanol–water partition coefficient (Wildman–Crippen LogP) is 2.98. The lowest BCUT2D eigenvalue weighted by atomic mass is 10.1. The summed E-state index contributed by atoms with van der Waals surface area (Å²) >= 11 is 5.97. The number of fused-ring (bicyclic) bond motifs is 2. The molecule has 2 heterocycles. The normalized spacial score (nSPS) is 16.4. The van der Waals surface area contributed by atoms with E-state index in [2.05, 4.69) is 0 Å². The Hall–Kier alpha value is -2.99. The third kappa shape index (κ3) is 2.70. The molecule has 4 rings (SSSR count). The number of anilines is 1. The Kier molecular flexibility index (Phi) is 3.62. The molecule has 3 aromatic rings. The van der Waals surface area contributed by atoms with E-state index >= 15 is 0 Å². The van der Waals surface area contributed by atoms with E-state index in [1.807, 2.05) is 0 Å². The molecule has 0 saturated carbocycles. The van der Waals surface area contributed by atoms with Crippen LogP contribution < -0.4 is 15.4 Å². The minimum Gasteiger partial charge on any atom is -0.477 e. The van der Waals surface area contributed by atoms with Crippen molar-refractivity contribution in [3.63, 3.8) is 0 Å². The Morgan fingerprint density at radius 3 is 2.76 bits per heavy atom. The molecule has 0 saturated heterocycles. The average Bonchev–Trinajstić information content (AvgIpc) is 3.03. The number of primary amides is 1.